The van der Waals surface area contributed by atoms with Crippen molar-refractivity contribution in [3.8, 4) is 0 Å². The molecule has 6 nitrogen and oxygen atoms in total. The number of nitrogens with one attached hydrogen (secondary N) is 2. The maximum atomic E-state index is 12.5. The fraction of sp³-hybridized carbons (Fsp3) is 0.200. The first-order valence-electron chi connectivity index (χ1n) is 8.59. The number of likely N-dealkylation sites (tertiary alicyclic amines) is 1. The minimum Gasteiger partial charge on any atom is -0.380 e. The van der Waals surface area contributed by atoms with Crippen molar-refractivity contribution in [3.63, 3.8) is 0 Å². The summed E-state index contributed by atoms with van der Waals surface area (Å²) in [4.78, 5) is 25.4. The van der Waals surface area contributed by atoms with Crippen molar-refractivity contribution in [3.05, 3.63) is 70.8 Å². The van der Waals surface area contributed by atoms with Crippen molar-refractivity contribution in [1.29, 1.82) is 0 Å². The molecule has 0 saturated carbocycles. The van der Waals surface area contributed by atoms with E-state index in [1.165, 1.54) is 6.08 Å². The van der Waals surface area contributed by atoms with E-state index in [2.05, 4.69) is 5.32 Å². The summed E-state index contributed by atoms with van der Waals surface area (Å²) in [7, 11) is 0. The lowest BCUT2D eigenvalue weighted by atomic mass is 10.1. The summed E-state index contributed by atoms with van der Waals surface area (Å²) in [6.45, 7) is 1.34. The zero-order chi connectivity index (χ0) is 19.2. The molecule has 8 heteroatoms. The van der Waals surface area contributed by atoms with Crippen LogP contribution in [-0.4, -0.2) is 41.1 Å². The number of amides is 2. The van der Waals surface area contributed by atoms with E-state index in [1.807, 2.05) is 29.2 Å². The summed E-state index contributed by atoms with van der Waals surface area (Å²) in [6, 6.07) is 14.7. The molecule has 0 aliphatic carbocycles. The molecular weight excluding hydrogens is 401 g/mol. The number of carbonyl (C=O) groups excluding carboxylic acids is 2. The van der Waals surface area contributed by atoms with E-state index in [9.17, 15) is 9.59 Å². The van der Waals surface area contributed by atoms with Crippen molar-refractivity contribution in [2.75, 3.05) is 18.4 Å². The second-order valence-corrected chi connectivity index (χ2v) is 6.76. The Morgan fingerprint density at radius 2 is 1.79 bits per heavy atom. The lowest BCUT2D eigenvalue weighted by Gasteiger charge is -2.18. The van der Waals surface area contributed by atoms with Crippen LogP contribution in [0.25, 0.3) is 6.08 Å². The van der Waals surface area contributed by atoms with Gasteiger partial charge in [-0.2, -0.15) is 0 Å². The molecule has 2 amide bonds. The molecule has 1 heterocycles. The van der Waals surface area contributed by atoms with Crippen LogP contribution in [0.2, 0.25) is 5.02 Å². The van der Waals surface area contributed by atoms with E-state index in [0.29, 0.717) is 23.7 Å². The third-order valence-electron chi connectivity index (χ3n) is 4.39. The normalized spacial score (nSPS) is 15.9. The van der Waals surface area contributed by atoms with Crippen LogP contribution in [-0.2, 0) is 4.79 Å². The number of hydrogen-bond acceptors (Lipinski definition) is 4. The second-order valence-electron chi connectivity index (χ2n) is 6.32. The molecule has 1 atom stereocenters. The zero-order valence-corrected chi connectivity index (χ0v) is 16.5. The average Bonchev–Trinajstić information content (AvgIpc) is 3.15. The van der Waals surface area contributed by atoms with Crippen LogP contribution >= 0.6 is 24.0 Å². The van der Waals surface area contributed by atoms with Crippen molar-refractivity contribution in [1.82, 2.24) is 10.4 Å². The number of anilines is 1. The molecule has 1 fully saturated rings. The topological polar surface area (TPSA) is 81.7 Å². The Balaban J connectivity index is 0.00000280. The summed E-state index contributed by atoms with van der Waals surface area (Å²) in [5, 5.41) is 12.5. The van der Waals surface area contributed by atoms with Gasteiger partial charge in [-0.3, -0.25) is 14.8 Å². The molecule has 0 bridgehead atoms. The lowest BCUT2D eigenvalue weighted by molar-refractivity contribution is -0.124. The minimum absolute atomic E-state index is 0. The van der Waals surface area contributed by atoms with Crippen LogP contribution in [0.4, 0.5) is 5.69 Å². The van der Waals surface area contributed by atoms with Gasteiger partial charge in [-0.05, 0) is 54.5 Å². The highest BCUT2D eigenvalue weighted by Gasteiger charge is 2.26. The fourth-order valence-corrected chi connectivity index (χ4v) is 3.10. The van der Waals surface area contributed by atoms with Crippen molar-refractivity contribution >= 4 is 47.6 Å². The van der Waals surface area contributed by atoms with Gasteiger partial charge in [0.25, 0.3) is 11.8 Å². The van der Waals surface area contributed by atoms with Crippen molar-refractivity contribution in [2.45, 2.75) is 12.5 Å². The summed E-state index contributed by atoms with van der Waals surface area (Å²) in [5.41, 5.74) is 3.98. The van der Waals surface area contributed by atoms with Gasteiger partial charge in [0, 0.05) is 41.5 Å². The largest absolute Gasteiger partial charge is 0.380 e. The Morgan fingerprint density at radius 1 is 1.11 bits per heavy atom. The molecule has 1 aliphatic rings. The van der Waals surface area contributed by atoms with Gasteiger partial charge in [-0.25, -0.2) is 5.48 Å². The highest BCUT2D eigenvalue weighted by Crippen LogP contribution is 2.19. The zero-order valence-electron chi connectivity index (χ0n) is 15.0. The van der Waals surface area contributed by atoms with E-state index in [0.717, 1.165) is 17.7 Å². The molecule has 0 aromatic heterocycles. The average molecular weight is 422 g/mol. The Labute approximate surface area is 174 Å². The maximum absolute atomic E-state index is 12.5. The van der Waals surface area contributed by atoms with Crippen LogP contribution in [0.15, 0.2) is 54.6 Å². The molecule has 3 N–H and O–H groups in total. The van der Waals surface area contributed by atoms with Gasteiger partial charge >= 0.3 is 0 Å². The van der Waals surface area contributed by atoms with Crippen LogP contribution in [0.1, 0.15) is 22.3 Å². The number of rotatable bonds is 5. The second kappa shape index (κ2) is 10.1. The molecule has 1 aliphatic heterocycles. The predicted molar refractivity (Wildman–Crippen MR) is 112 cm³/mol. The summed E-state index contributed by atoms with van der Waals surface area (Å²) < 4.78 is 0. The van der Waals surface area contributed by atoms with Gasteiger partial charge in [0.2, 0.25) is 0 Å². The monoisotopic (exact) mass is 421 g/mol. The lowest BCUT2D eigenvalue weighted by Crippen LogP contribution is -2.31. The quantitative estimate of drug-likeness (QED) is 0.391. The number of hydroxylamine groups is 1. The van der Waals surface area contributed by atoms with Gasteiger partial charge in [0.05, 0.1) is 0 Å². The number of hydrogen-bond donors (Lipinski definition) is 3. The predicted octanol–water partition coefficient (Wildman–Crippen LogP) is 3.61. The summed E-state index contributed by atoms with van der Waals surface area (Å²) >= 11 is 5.87. The van der Waals surface area contributed by atoms with Crippen molar-refractivity contribution < 1.29 is 14.8 Å². The smallest absolute Gasteiger partial charge is 0.267 e. The summed E-state index contributed by atoms with van der Waals surface area (Å²) in [5.74, 6) is -0.563. The van der Waals surface area contributed by atoms with Crippen LogP contribution < -0.4 is 10.8 Å². The molecule has 2 aromatic carbocycles. The summed E-state index contributed by atoms with van der Waals surface area (Å²) in [6.07, 6.45) is 3.73. The maximum Gasteiger partial charge on any atom is 0.267 e. The van der Waals surface area contributed by atoms with Gasteiger partial charge in [0.1, 0.15) is 0 Å². The molecule has 1 saturated heterocycles. The molecule has 2 aromatic rings. The molecule has 0 radical (unpaired) electrons. The molecule has 3 rings (SSSR count). The van der Waals surface area contributed by atoms with E-state index in [-0.39, 0.29) is 24.4 Å². The van der Waals surface area contributed by atoms with Gasteiger partial charge in [0.15, 0.2) is 0 Å². The third kappa shape index (κ3) is 5.73. The number of benzene rings is 2. The van der Waals surface area contributed by atoms with E-state index >= 15 is 0 Å². The highest BCUT2D eigenvalue weighted by atomic mass is 35.5. The number of halogens is 2. The van der Waals surface area contributed by atoms with E-state index in [4.69, 9.17) is 16.8 Å². The Kier molecular flexibility index (Phi) is 7.87. The van der Waals surface area contributed by atoms with Gasteiger partial charge in [-0.1, -0.05) is 23.7 Å². The Hall–Kier alpha value is -2.54. The Bertz CT molecular complexity index is 839. The van der Waals surface area contributed by atoms with Crippen LogP contribution in [0.5, 0.6) is 0 Å². The molecule has 148 valence electrons. The SMILES string of the molecule is Cl.O=C(C=Cc1ccc(N[C@@H]2CCN(C(=O)c3ccc(Cl)cc3)C2)cc1)NO. The molecule has 0 unspecified atom stereocenters. The van der Waals surface area contributed by atoms with E-state index in [1.54, 1.807) is 35.8 Å². The highest BCUT2D eigenvalue weighted by molar-refractivity contribution is 6.30. The minimum atomic E-state index is -0.575. The number of carbonyl (C=O) groups is 2. The van der Waals surface area contributed by atoms with E-state index < -0.39 is 5.91 Å². The van der Waals surface area contributed by atoms with Gasteiger partial charge in [-0.15, -0.1) is 12.4 Å². The van der Waals surface area contributed by atoms with Crippen LogP contribution in [0, 0.1) is 0 Å². The fourth-order valence-electron chi connectivity index (χ4n) is 2.97. The number of nitrogens with zero attached hydrogens (tertiary/aromatic N) is 1. The molecular formula is C20H21Cl2N3O3. The first-order valence-corrected chi connectivity index (χ1v) is 8.96. The first-order chi connectivity index (χ1) is 13.0. The third-order valence-corrected chi connectivity index (χ3v) is 4.64. The standard InChI is InChI=1S/C20H20ClN3O3.ClH/c21-16-6-4-15(5-7-16)20(26)24-12-11-18(13-24)22-17-8-1-14(2-9-17)3-10-19(25)23-27;/h1-10,18,22,27H,11-13H2,(H,23,25);1H/t18-;/m1./s1. The van der Waals surface area contributed by atoms with Gasteiger partial charge < -0.3 is 10.2 Å². The molecule has 28 heavy (non-hydrogen) atoms. The van der Waals surface area contributed by atoms with Crippen molar-refractivity contribution in [2.24, 2.45) is 0 Å². The Morgan fingerprint density at radius 3 is 2.43 bits per heavy atom. The van der Waals surface area contributed by atoms with Crippen LogP contribution in [0.3, 0.4) is 0 Å². The molecule has 0 spiro atoms. The first kappa shape index (κ1) is 21.8.